The fourth-order valence-electron chi connectivity index (χ4n) is 2.59. The SMILES string of the molecule is COc1ccc(-c2noc(CN3CCC(C)CC3)n2)cc1. The van der Waals surface area contributed by atoms with Crippen molar-refractivity contribution >= 4 is 0 Å². The quantitative estimate of drug-likeness (QED) is 0.865. The van der Waals surface area contributed by atoms with Gasteiger partial charge in [-0.2, -0.15) is 4.98 Å². The normalized spacial score (nSPS) is 17.0. The van der Waals surface area contributed by atoms with Crippen LogP contribution in [0, 0.1) is 5.92 Å². The summed E-state index contributed by atoms with van der Waals surface area (Å²) < 4.78 is 10.5. The minimum atomic E-state index is 0.637. The zero-order chi connectivity index (χ0) is 14.7. The number of hydrogen-bond donors (Lipinski definition) is 0. The van der Waals surface area contributed by atoms with E-state index >= 15 is 0 Å². The predicted octanol–water partition coefficient (Wildman–Crippen LogP) is 2.98. The molecule has 1 saturated heterocycles. The fraction of sp³-hybridized carbons (Fsp3) is 0.500. The summed E-state index contributed by atoms with van der Waals surface area (Å²) in [5, 5.41) is 4.07. The minimum Gasteiger partial charge on any atom is -0.497 e. The largest absolute Gasteiger partial charge is 0.497 e. The molecular formula is C16H21N3O2. The molecule has 2 aromatic rings. The number of piperidine rings is 1. The second-order valence-corrected chi connectivity index (χ2v) is 5.70. The molecule has 0 aliphatic carbocycles. The summed E-state index contributed by atoms with van der Waals surface area (Å²) in [5.41, 5.74) is 0.943. The van der Waals surface area contributed by atoms with Crippen LogP contribution in [0.3, 0.4) is 0 Å². The summed E-state index contributed by atoms with van der Waals surface area (Å²) in [5.74, 6) is 2.98. The summed E-state index contributed by atoms with van der Waals surface area (Å²) in [4.78, 5) is 6.87. The second kappa shape index (κ2) is 6.26. The number of methoxy groups -OCH3 is 1. The van der Waals surface area contributed by atoms with E-state index in [0.29, 0.717) is 11.7 Å². The van der Waals surface area contributed by atoms with Crippen LogP contribution < -0.4 is 4.74 Å². The highest BCUT2D eigenvalue weighted by molar-refractivity contribution is 5.55. The molecule has 5 heteroatoms. The Morgan fingerprint density at radius 2 is 1.95 bits per heavy atom. The highest BCUT2D eigenvalue weighted by Crippen LogP contribution is 2.21. The van der Waals surface area contributed by atoms with Gasteiger partial charge < -0.3 is 9.26 Å². The molecule has 0 amide bonds. The van der Waals surface area contributed by atoms with Gasteiger partial charge in [0.25, 0.3) is 0 Å². The van der Waals surface area contributed by atoms with Crippen molar-refractivity contribution in [3.05, 3.63) is 30.2 Å². The van der Waals surface area contributed by atoms with Gasteiger partial charge in [0.05, 0.1) is 13.7 Å². The molecule has 0 radical (unpaired) electrons. The fourth-order valence-corrected chi connectivity index (χ4v) is 2.59. The topological polar surface area (TPSA) is 51.4 Å². The number of nitrogens with zero attached hydrogens (tertiary/aromatic N) is 3. The lowest BCUT2D eigenvalue weighted by atomic mass is 9.99. The third-order valence-electron chi connectivity index (χ3n) is 4.05. The summed E-state index contributed by atoms with van der Waals surface area (Å²) in [6.45, 7) is 5.28. The van der Waals surface area contributed by atoms with Gasteiger partial charge in [-0.3, -0.25) is 4.90 Å². The molecule has 0 saturated carbocycles. The van der Waals surface area contributed by atoms with Crippen molar-refractivity contribution in [1.29, 1.82) is 0 Å². The van der Waals surface area contributed by atoms with Crippen molar-refractivity contribution in [3.8, 4) is 17.1 Å². The van der Waals surface area contributed by atoms with E-state index in [1.165, 1.54) is 12.8 Å². The lowest BCUT2D eigenvalue weighted by Gasteiger charge is -2.28. The van der Waals surface area contributed by atoms with Gasteiger partial charge in [-0.25, -0.2) is 0 Å². The number of benzene rings is 1. The molecule has 2 heterocycles. The molecule has 0 N–H and O–H groups in total. The van der Waals surface area contributed by atoms with Crippen molar-refractivity contribution in [1.82, 2.24) is 15.0 Å². The van der Waals surface area contributed by atoms with E-state index in [2.05, 4.69) is 22.0 Å². The standard InChI is InChI=1S/C16H21N3O2/c1-12-7-9-19(10-8-12)11-15-17-16(18-21-15)13-3-5-14(20-2)6-4-13/h3-6,12H,7-11H2,1-2H3. The molecule has 1 aromatic carbocycles. The molecule has 0 atom stereocenters. The maximum Gasteiger partial charge on any atom is 0.241 e. The average Bonchev–Trinajstić information content (AvgIpc) is 2.98. The lowest BCUT2D eigenvalue weighted by molar-refractivity contribution is 0.165. The Hall–Kier alpha value is -1.88. The van der Waals surface area contributed by atoms with Gasteiger partial charge in [-0.15, -0.1) is 0 Å². The molecule has 0 spiro atoms. The smallest absolute Gasteiger partial charge is 0.241 e. The van der Waals surface area contributed by atoms with E-state index in [1.807, 2.05) is 24.3 Å². The molecule has 1 aromatic heterocycles. The van der Waals surface area contributed by atoms with E-state index in [-0.39, 0.29) is 0 Å². The van der Waals surface area contributed by atoms with Gasteiger partial charge in [0.15, 0.2) is 0 Å². The van der Waals surface area contributed by atoms with E-state index in [0.717, 1.165) is 36.9 Å². The van der Waals surface area contributed by atoms with Crippen molar-refractivity contribution in [2.24, 2.45) is 5.92 Å². The highest BCUT2D eigenvalue weighted by atomic mass is 16.5. The van der Waals surface area contributed by atoms with Crippen molar-refractivity contribution in [2.75, 3.05) is 20.2 Å². The van der Waals surface area contributed by atoms with E-state index in [4.69, 9.17) is 9.26 Å². The van der Waals surface area contributed by atoms with Gasteiger partial charge in [0, 0.05) is 5.56 Å². The summed E-state index contributed by atoms with van der Waals surface area (Å²) in [7, 11) is 1.65. The first-order chi connectivity index (χ1) is 10.2. The zero-order valence-corrected chi connectivity index (χ0v) is 12.6. The van der Waals surface area contributed by atoms with Crippen LogP contribution in [0.5, 0.6) is 5.75 Å². The lowest BCUT2D eigenvalue weighted by Crippen LogP contribution is -2.32. The Labute approximate surface area is 124 Å². The maximum atomic E-state index is 5.37. The Morgan fingerprint density at radius 1 is 1.24 bits per heavy atom. The molecule has 112 valence electrons. The van der Waals surface area contributed by atoms with Gasteiger partial charge in [0.2, 0.25) is 11.7 Å². The minimum absolute atomic E-state index is 0.637. The van der Waals surface area contributed by atoms with Crippen LogP contribution in [-0.4, -0.2) is 35.2 Å². The monoisotopic (exact) mass is 287 g/mol. The first kappa shape index (κ1) is 14.1. The third-order valence-corrected chi connectivity index (χ3v) is 4.05. The molecule has 0 bridgehead atoms. The number of rotatable bonds is 4. The van der Waals surface area contributed by atoms with Crippen LogP contribution in [0.15, 0.2) is 28.8 Å². The number of ether oxygens (including phenoxy) is 1. The maximum absolute atomic E-state index is 5.37. The molecular weight excluding hydrogens is 266 g/mol. The molecule has 0 unspecified atom stereocenters. The molecule has 1 fully saturated rings. The Balaban J connectivity index is 1.65. The molecule has 21 heavy (non-hydrogen) atoms. The van der Waals surface area contributed by atoms with Gasteiger partial charge in [-0.05, 0) is 56.1 Å². The van der Waals surface area contributed by atoms with Crippen LogP contribution in [0.4, 0.5) is 0 Å². The number of likely N-dealkylation sites (tertiary alicyclic amines) is 1. The first-order valence-corrected chi connectivity index (χ1v) is 7.44. The van der Waals surface area contributed by atoms with E-state index in [1.54, 1.807) is 7.11 Å². The van der Waals surface area contributed by atoms with Crippen LogP contribution in [-0.2, 0) is 6.54 Å². The van der Waals surface area contributed by atoms with Crippen LogP contribution in [0.2, 0.25) is 0 Å². The first-order valence-electron chi connectivity index (χ1n) is 7.44. The van der Waals surface area contributed by atoms with Crippen molar-refractivity contribution in [3.63, 3.8) is 0 Å². The van der Waals surface area contributed by atoms with Crippen LogP contribution >= 0.6 is 0 Å². The second-order valence-electron chi connectivity index (χ2n) is 5.70. The molecule has 1 aliphatic rings. The van der Waals surface area contributed by atoms with Crippen LogP contribution in [0.1, 0.15) is 25.7 Å². The Morgan fingerprint density at radius 3 is 2.62 bits per heavy atom. The van der Waals surface area contributed by atoms with Crippen LogP contribution in [0.25, 0.3) is 11.4 Å². The van der Waals surface area contributed by atoms with Gasteiger partial charge in [0.1, 0.15) is 5.75 Å². The van der Waals surface area contributed by atoms with Crippen molar-refractivity contribution in [2.45, 2.75) is 26.3 Å². The summed E-state index contributed by atoms with van der Waals surface area (Å²) in [6, 6.07) is 7.68. The van der Waals surface area contributed by atoms with Crippen molar-refractivity contribution < 1.29 is 9.26 Å². The zero-order valence-electron chi connectivity index (χ0n) is 12.6. The Kier molecular flexibility index (Phi) is 4.20. The van der Waals surface area contributed by atoms with Gasteiger partial charge in [-0.1, -0.05) is 12.1 Å². The summed E-state index contributed by atoms with van der Waals surface area (Å²) in [6.07, 6.45) is 2.50. The molecule has 5 nitrogen and oxygen atoms in total. The highest BCUT2D eigenvalue weighted by Gasteiger charge is 2.18. The Bertz CT molecular complexity index is 571. The number of aromatic nitrogens is 2. The molecule has 3 rings (SSSR count). The third kappa shape index (κ3) is 3.42. The predicted molar refractivity (Wildman–Crippen MR) is 80.0 cm³/mol. The molecule has 1 aliphatic heterocycles. The summed E-state index contributed by atoms with van der Waals surface area (Å²) >= 11 is 0. The van der Waals surface area contributed by atoms with E-state index < -0.39 is 0 Å². The van der Waals surface area contributed by atoms with Gasteiger partial charge >= 0.3 is 0 Å². The number of hydrogen-bond acceptors (Lipinski definition) is 5. The average molecular weight is 287 g/mol. The van der Waals surface area contributed by atoms with E-state index in [9.17, 15) is 0 Å².